The van der Waals surface area contributed by atoms with Gasteiger partial charge in [0.1, 0.15) is 0 Å². The van der Waals surface area contributed by atoms with E-state index in [4.69, 9.17) is 4.74 Å². The molecular formula is C23H20O3. The topological polar surface area (TPSA) is 43.4 Å². The van der Waals surface area contributed by atoms with E-state index in [1.165, 1.54) is 0 Å². The zero-order valence-corrected chi connectivity index (χ0v) is 14.8. The van der Waals surface area contributed by atoms with Gasteiger partial charge in [0.2, 0.25) is 5.78 Å². The summed E-state index contributed by atoms with van der Waals surface area (Å²) in [5.41, 5.74) is 3.71. The molecule has 0 heterocycles. The highest BCUT2D eigenvalue weighted by atomic mass is 16.5. The van der Waals surface area contributed by atoms with Gasteiger partial charge in [0.05, 0.1) is 5.56 Å². The highest BCUT2D eigenvalue weighted by molar-refractivity contribution is 6.02. The lowest BCUT2D eigenvalue weighted by Gasteiger charge is -2.17. The van der Waals surface area contributed by atoms with E-state index < -0.39 is 12.1 Å². The second-order valence-electron chi connectivity index (χ2n) is 6.29. The first kappa shape index (κ1) is 17.6. The van der Waals surface area contributed by atoms with Crippen molar-refractivity contribution < 1.29 is 14.3 Å². The van der Waals surface area contributed by atoms with E-state index in [0.717, 1.165) is 11.1 Å². The Morgan fingerprint density at radius 1 is 0.692 bits per heavy atom. The van der Waals surface area contributed by atoms with Crippen LogP contribution in [0.2, 0.25) is 0 Å². The van der Waals surface area contributed by atoms with Crippen LogP contribution >= 0.6 is 0 Å². The molecule has 0 saturated heterocycles. The average Bonchev–Trinajstić information content (AvgIpc) is 2.67. The fraction of sp³-hybridized carbons (Fsp3) is 0.130. The minimum absolute atomic E-state index is 0.239. The van der Waals surface area contributed by atoms with E-state index in [-0.39, 0.29) is 5.78 Å². The van der Waals surface area contributed by atoms with Crippen molar-refractivity contribution in [1.29, 1.82) is 0 Å². The molecule has 0 amide bonds. The fourth-order valence-corrected chi connectivity index (χ4v) is 2.63. The summed E-state index contributed by atoms with van der Waals surface area (Å²) < 4.78 is 5.62. The van der Waals surface area contributed by atoms with Crippen LogP contribution in [0.3, 0.4) is 0 Å². The molecule has 0 saturated carbocycles. The third-order valence-electron chi connectivity index (χ3n) is 4.19. The van der Waals surface area contributed by atoms with Crippen LogP contribution in [0.1, 0.15) is 43.5 Å². The summed E-state index contributed by atoms with van der Waals surface area (Å²) in [4.78, 5) is 25.6. The molecule has 3 heteroatoms. The van der Waals surface area contributed by atoms with E-state index in [2.05, 4.69) is 0 Å². The minimum Gasteiger partial charge on any atom is -0.445 e. The van der Waals surface area contributed by atoms with Crippen LogP contribution in [0.25, 0.3) is 0 Å². The van der Waals surface area contributed by atoms with Crippen molar-refractivity contribution in [3.05, 3.63) is 107 Å². The Bertz CT molecular complexity index is 894. The smallest absolute Gasteiger partial charge is 0.339 e. The van der Waals surface area contributed by atoms with Crippen LogP contribution in [0, 0.1) is 13.8 Å². The molecular weight excluding hydrogens is 324 g/mol. The van der Waals surface area contributed by atoms with Crippen LogP contribution in [0.5, 0.6) is 0 Å². The standard InChI is InChI=1S/C23H20O3/c1-16-8-12-18(13-9-16)21(24)22(19-6-4-3-5-7-19)26-23(25)20-14-10-17(2)11-15-20/h3-15,22H,1-2H3. The lowest BCUT2D eigenvalue weighted by atomic mass is 9.99. The first-order valence-electron chi connectivity index (χ1n) is 8.48. The van der Waals surface area contributed by atoms with Crippen molar-refractivity contribution in [3.63, 3.8) is 0 Å². The van der Waals surface area contributed by atoms with Crippen molar-refractivity contribution in [2.24, 2.45) is 0 Å². The van der Waals surface area contributed by atoms with Gasteiger partial charge in [0, 0.05) is 11.1 Å². The van der Waals surface area contributed by atoms with Crippen LogP contribution in [-0.4, -0.2) is 11.8 Å². The molecule has 3 aromatic carbocycles. The number of rotatable bonds is 5. The zero-order valence-electron chi connectivity index (χ0n) is 14.8. The van der Waals surface area contributed by atoms with Crippen LogP contribution < -0.4 is 0 Å². The SMILES string of the molecule is Cc1ccc(C(=O)OC(C(=O)c2ccc(C)cc2)c2ccccc2)cc1. The Balaban J connectivity index is 1.91. The number of hydrogen-bond donors (Lipinski definition) is 0. The van der Waals surface area contributed by atoms with Crippen molar-refractivity contribution in [1.82, 2.24) is 0 Å². The van der Waals surface area contributed by atoms with Crippen molar-refractivity contribution in [2.45, 2.75) is 20.0 Å². The molecule has 0 aliphatic carbocycles. The van der Waals surface area contributed by atoms with Gasteiger partial charge < -0.3 is 4.74 Å². The second kappa shape index (κ2) is 7.79. The summed E-state index contributed by atoms with van der Waals surface area (Å²) in [5.74, 6) is -0.754. The van der Waals surface area contributed by atoms with Gasteiger partial charge in [0.15, 0.2) is 6.10 Å². The average molecular weight is 344 g/mol. The Morgan fingerprint density at radius 3 is 1.73 bits per heavy atom. The molecule has 0 spiro atoms. The number of carbonyl (C=O) groups is 2. The van der Waals surface area contributed by atoms with Gasteiger partial charge in [-0.15, -0.1) is 0 Å². The quantitative estimate of drug-likeness (QED) is 0.478. The van der Waals surface area contributed by atoms with Gasteiger partial charge in [-0.2, -0.15) is 0 Å². The second-order valence-corrected chi connectivity index (χ2v) is 6.29. The first-order chi connectivity index (χ1) is 12.5. The van der Waals surface area contributed by atoms with Crippen LogP contribution in [0.4, 0.5) is 0 Å². The lowest BCUT2D eigenvalue weighted by Crippen LogP contribution is -2.20. The minimum atomic E-state index is -0.979. The van der Waals surface area contributed by atoms with E-state index >= 15 is 0 Å². The van der Waals surface area contributed by atoms with Gasteiger partial charge in [0.25, 0.3) is 0 Å². The zero-order chi connectivity index (χ0) is 18.5. The third kappa shape index (κ3) is 4.06. The number of benzene rings is 3. The largest absolute Gasteiger partial charge is 0.445 e. The molecule has 3 aromatic rings. The van der Waals surface area contributed by atoms with Gasteiger partial charge in [-0.25, -0.2) is 4.79 Å². The number of aryl methyl sites for hydroxylation is 2. The van der Waals surface area contributed by atoms with E-state index in [0.29, 0.717) is 16.7 Å². The number of esters is 1. The highest BCUT2D eigenvalue weighted by Crippen LogP contribution is 2.24. The number of ether oxygens (including phenoxy) is 1. The Morgan fingerprint density at radius 2 is 1.19 bits per heavy atom. The van der Waals surface area contributed by atoms with Crippen molar-refractivity contribution in [3.8, 4) is 0 Å². The summed E-state index contributed by atoms with van der Waals surface area (Å²) in [7, 11) is 0. The molecule has 0 aromatic heterocycles. The maximum Gasteiger partial charge on any atom is 0.339 e. The third-order valence-corrected chi connectivity index (χ3v) is 4.19. The molecule has 0 fully saturated rings. The summed E-state index contributed by atoms with van der Waals surface area (Å²) in [6, 6.07) is 23.4. The molecule has 0 aliphatic heterocycles. The molecule has 3 rings (SSSR count). The van der Waals surface area contributed by atoms with Gasteiger partial charge in [-0.1, -0.05) is 77.9 Å². The molecule has 3 nitrogen and oxygen atoms in total. The van der Waals surface area contributed by atoms with Crippen molar-refractivity contribution >= 4 is 11.8 Å². The predicted molar refractivity (Wildman–Crippen MR) is 101 cm³/mol. The highest BCUT2D eigenvalue weighted by Gasteiger charge is 2.26. The van der Waals surface area contributed by atoms with Gasteiger partial charge in [-0.3, -0.25) is 4.79 Å². The normalized spacial score (nSPS) is 11.6. The summed E-state index contributed by atoms with van der Waals surface area (Å²) in [6.45, 7) is 3.91. The monoisotopic (exact) mass is 344 g/mol. The molecule has 1 atom stereocenters. The van der Waals surface area contributed by atoms with E-state index in [9.17, 15) is 9.59 Å². The number of hydrogen-bond acceptors (Lipinski definition) is 3. The van der Waals surface area contributed by atoms with E-state index in [1.54, 1.807) is 36.4 Å². The molecule has 0 aliphatic rings. The van der Waals surface area contributed by atoms with Crippen molar-refractivity contribution in [2.75, 3.05) is 0 Å². The summed E-state index contributed by atoms with van der Waals surface area (Å²) in [5, 5.41) is 0. The number of carbonyl (C=O) groups excluding carboxylic acids is 2. The molecule has 130 valence electrons. The number of ketones is 1. The maximum atomic E-state index is 13.0. The number of Topliss-reactive ketones (excluding diaryl/α,β-unsaturated/α-hetero) is 1. The molecule has 1 unspecified atom stereocenters. The Kier molecular flexibility index (Phi) is 5.28. The van der Waals surface area contributed by atoms with Crippen LogP contribution in [0.15, 0.2) is 78.9 Å². The summed E-state index contributed by atoms with van der Waals surface area (Å²) in [6.07, 6.45) is -0.979. The molecule has 26 heavy (non-hydrogen) atoms. The molecule has 0 bridgehead atoms. The van der Waals surface area contributed by atoms with Gasteiger partial charge in [-0.05, 0) is 26.0 Å². The lowest BCUT2D eigenvalue weighted by molar-refractivity contribution is 0.0280. The Hall–Kier alpha value is -3.20. The maximum absolute atomic E-state index is 13.0. The van der Waals surface area contributed by atoms with Gasteiger partial charge >= 0.3 is 5.97 Å². The molecule has 0 N–H and O–H groups in total. The fourth-order valence-electron chi connectivity index (χ4n) is 2.63. The Labute approximate surface area is 153 Å². The molecule has 0 radical (unpaired) electrons. The first-order valence-corrected chi connectivity index (χ1v) is 8.48. The predicted octanol–water partition coefficient (Wildman–Crippen LogP) is 5.08. The van der Waals surface area contributed by atoms with Crippen LogP contribution in [-0.2, 0) is 4.74 Å². The van der Waals surface area contributed by atoms with E-state index in [1.807, 2.05) is 56.3 Å². The summed E-state index contributed by atoms with van der Waals surface area (Å²) >= 11 is 0.